The van der Waals surface area contributed by atoms with E-state index in [2.05, 4.69) is 25.2 Å². The lowest BCUT2D eigenvalue weighted by Crippen LogP contribution is -2.38. The van der Waals surface area contributed by atoms with Crippen LogP contribution < -0.4 is 21.3 Å². The Kier molecular flexibility index (Phi) is 6.22. The lowest BCUT2D eigenvalue weighted by Gasteiger charge is -2.13. The number of alkyl halides is 3. The number of nitrogens with zero attached hydrogens (tertiary/aromatic N) is 3. The molecule has 3 rings (SSSR count). The number of H-pyrrole nitrogens is 1. The minimum absolute atomic E-state index is 0.0444. The van der Waals surface area contributed by atoms with Gasteiger partial charge in [-0.15, -0.1) is 23.4 Å². The zero-order valence-corrected chi connectivity index (χ0v) is 16.0. The van der Waals surface area contributed by atoms with Crippen molar-refractivity contribution in [2.45, 2.75) is 32.8 Å². The third-order valence-electron chi connectivity index (χ3n) is 4.01. The third-order valence-corrected chi connectivity index (χ3v) is 4.01. The molecule has 1 aromatic carbocycles. The molecule has 0 aliphatic rings. The van der Waals surface area contributed by atoms with Gasteiger partial charge in [-0.3, -0.25) is 14.2 Å². The minimum Gasteiger partial charge on any atom is -0.423 e. The summed E-state index contributed by atoms with van der Waals surface area (Å²) >= 11 is 0. The number of aromatic amines is 1. The van der Waals surface area contributed by atoms with Crippen LogP contribution >= 0.6 is 0 Å². The van der Waals surface area contributed by atoms with Crippen molar-refractivity contribution >= 4 is 5.91 Å². The molecule has 13 heteroatoms. The quantitative estimate of drug-likeness (QED) is 0.568. The van der Waals surface area contributed by atoms with Crippen molar-refractivity contribution in [1.82, 2.24) is 25.1 Å². The number of aromatic nitrogens is 4. The maximum atomic E-state index is 12.5. The second kappa shape index (κ2) is 8.85. The average molecular weight is 439 g/mol. The average Bonchev–Trinajstić information content (AvgIpc) is 3.16. The van der Waals surface area contributed by atoms with Gasteiger partial charge in [-0.1, -0.05) is 25.1 Å². The standard InChI is InChI=1S/C18H16F3N5O5/c1-2-13-24-25-14(30-13)9-26-15(27)7-11(23-17(26)29)16(28)22-8-10-5-3-4-6-12(10)31-18(19,20)21/h3-7H,2,8-9H2,1H3,(H,22,28)(H,23,29). The third kappa shape index (κ3) is 5.58. The first kappa shape index (κ1) is 21.8. The highest BCUT2D eigenvalue weighted by Gasteiger charge is 2.32. The van der Waals surface area contributed by atoms with E-state index < -0.39 is 29.3 Å². The number of carbonyl (C=O) groups is 1. The predicted molar refractivity (Wildman–Crippen MR) is 98.4 cm³/mol. The van der Waals surface area contributed by atoms with Gasteiger partial charge in [0.05, 0.1) is 0 Å². The van der Waals surface area contributed by atoms with Crippen LogP contribution in [0.15, 0.2) is 44.3 Å². The number of benzene rings is 1. The fourth-order valence-electron chi connectivity index (χ4n) is 2.57. The number of amides is 1. The Morgan fingerprint density at radius 3 is 2.58 bits per heavy atom. The van der Waals surface area contributed by atoms with Crippen LogP contribution in [0.3, 0.4) is 0 Å². The Hall–Kier alpha value is -3.90. The summed E-state index contributed by atoms with van der Waals surface area (Å²) in [6.07, 6.45) is -4.42. The highest BCUT2D eigenvalue weighted by Crippen LogP contribution is 2.26. The second-order valence-corrected chi connectivity index (χ2v) is 6.19. The van der Waals surface area contributed by atoms with Crippen molar-refractivity contribution in [1.29, 1.82) is 0 Å². The first-order valence-corrected chi connectivity index (χ1v) is 8.93. The molecule has 2 aromatic heterocycles. The summed E-state index contributed by atoms with van der Waals surface area (Å²) in [6.45, 7) is 1.17. The number of aryl methyl sites for hydroxylation is 1. The highest BCUT2D eigenvalue weighted by molar-refractivity contribution is 5.92. The molecule has 1 amide bonds. The predicted octanol–water partition coefficient (Wildman–Crippen LogP) is 1.36. The summed E-state index contributed by atoms with van der Waals surface area (Å²) in [5.41, 5.74) is -2.01. The molecule has 0 saturated carbocycles. The van der Waals surface area contributed by atoms with Crippen LogP contribution in [0.1, 0.15) is 34.8 Å². The number of para-hydroxylation sites is 1. The molecule has 164 valence electrons. The first-order valence-electron chi connectivity index (χ1n) is 8.93. The van der Waals surface area contributed by atoms with Crippen LogP contribution in [-0.4, -0.2) is 32.0 Å². The molecule has 31 heavy (non-hydrogen) atoms. The van der Waals surface area contributed by atoms with E-state index in [0.717, 1.165) is 16.7 Å². The van der Waals surface area contributed by atoms with E-state index >= 15 is 0 Å². The molecule has 0 unspecified atom stereocenters. The summed E-state index contributed by atoms with van der Waals surface area (Å²) in [4.78, 5) is 39.0. The van der Waals surface area contributed by atoms with Gasteiger partial charge >= 0.3 is 12.1 Å². The van der Waals surface area contributed by atoms with Crippen molar-refractivity contribution in [2.75, 3.05) is 0 Å². The molecule has 0 radical (unpaired) electrons. The molecule has 10 nitrogen and oxygen atoms in total. The van der Waals surface area contributed by atoms with Gasteiger partial charge in [0.1, 0.15) is 18.0 Å². The molecule has 2 N–H and O–H groups in total. The molecule has 2 heterocycles. The smallest absolute Gasteiger partial charge is 0.423 e. The molecule has 0 aliphatic carbocycles. The Morgan fingerprint density at radius 1 is 1.23 bits per heavy atom. The highest BCUT2D eigenvalue weighted by atomic mass is 19.4. The maximum Gasteiger partial charge on any atom is 0.573 e. The van der Waals surface area contributed by atoms with Crippen LogP contribution in [0.5, 0.6) is 5.75 Å². The lowest BCUT2D eigenvalue weighted by atomic mass is 10.2. The molecule has 0 atom stereocenters. The van der Waals surface area contributed by atoms with E-state index in [1.54, 1.807) is 6.92 Å². The van der Waals surface area contributed by atoms with Gasteiger partial charge in [-0.2, -0.15) is 0 Å². The van der Waals surface area contributed by atoms with Gasteiger partial charge in [-0.25, -0.2) is 4.79 Å². The van der Waals surface area contributed by atoms with Gasteiger partial charge < -0.3 is 19.5 Å². The van der Waals surface area contributed by atoms with Crippen molar-refractivity contribution in [2.24, 2.45) is 0 Å². The molecular formula is C18H16F3N5O5. The zero-order valence-electron chi connectivity index (χ0n) is 16.0. The van der Waals surface area contributed by atoms with E-state index in [4.69, 9.17) is 4.42 Å². The maximum absolute atomic E-state index is 12.5. The SMILES string of the molecule is CCc1nnc(Cn2c(=O)cc(C(=O)NCc3ccccc3OC(F)(F)F)[nH]c2=O)o1. The number of carbonyl (C=O) groups excluding carboxylic acids is 1. The summed E-state index contributed by atoms with van der Waals surface area (Å²) in [5.74, 6) is -0.965. The van der Waals surface area contributed by atoms with Gasteiger partial charge in [0, 0.05) is 24.6 Å². The molecule has 0 spiro atoms. The number of hydrogen-bond donors (Lipinski definition) is 2. The largest absolute Gasteiger partial charge is 0.573 e. The normalized spacial score (nSPS) is 11.4. The van der Waals surface area contributed by atoms with Crippen LogP contribution in [-0.2, 0) is 19.5 Å². The van der Waals surface area contributed by atoms with E-state index in [1.807, 2.05) is 0 Å². The zero-order chi connectivity index (χ0) is 22.6. The van der Waals surface area contributed by atoms with Crippen molar-refractivity contribution in [3.05, 3.63) is 74.2 Å². The second-order valence-electron chi connectivity index (χ2n) is 6.19. The Balaban J connectivity index is 1.73. The monoisotopic (exact) mass is 439 g/mol. The van der Waals surface area contributed by atoms with Crippen LogP contribution in [0.25, 0.3) is 0 Å². The molecule has 0 fully saturated rings. The lowest BCUT2D eigenvalue weighted by molar-refractivity contribution is -0.274. The van der Waals surface area contributed by atoms with E-state index in [1.165, 1.54) is 18.2 Å². The fourth-order valence-corrected chi connectivity index (χ4v) is 2.57. The molecule has 0 saturated heterocycles. The van der Waals surface area contributed by atoms with Crippen molar-refractivity contribution in [3.63, 3.8) is 0 Å². The Bertz CT molecular complexity index is 1170. The fraction of sp³-hybridized carbons (Fsp3) is 0.278. The van der Waals surface area contributed by atoms with Crippen LogP contribution in [0.2, 0.25) is 0 Å². The Morgan fingerprint density at radius 2 is 1.94 bits per heavy atom. The number of ether oxygens (including phenoxy) is 1. The topological polar surface area (TPSA) is 132 Å². The number of rotatable bonds is 7. The van der Waals surface area contributed by atoms with Gasteiger partial charge in [0.15, 0.2) is 0 Å². The molecule has 0 aliphatic heterocycles. The molecular weight excluding hydrogens is 423 g/mol. The summed E-state index contributed by atoms with van der Waals surface area (Å²) in [5, 5.41) is 9.78. The summed E-state index contributed by atoms with van der Waals surface area (Å²) in [7, 11) is 0. The number of halogens is 3. The van der Waals surface area contributed by atoms with Crippen molar-refractivity contribution in [3.8, 4) is 5.75 Å². The minimum atomic E-state index is -4.90. The van der Waals surface area contributed by atoms with E-state index in [-0.39, 0.29) is 30.2 Å². The van der Waals surface area contributed by atoms with E-state index in [0.29, 0.717) is 12.3 Å². The summed E-state index contributed by atoms with van der Waals surface area (Å²) in [6, 6.07) is 6.12. The number of hydrogen-bond acceptors (Lipinski definition) is 7. The van der Waals surface area contributed by atoms with Gasteiger partial charge in [0.2, 0.25) is 11.8 Å². The van der Waals surface area contributed by atoms with E-state index in [9.17, 15) is 27.6 Å². The van der Waals surface area contributed by atoms with Crippen molar-refractivity contribution < 1.29 is 27.1 Å². The van der Waals surface area contributed by atoms with Crippen LogP contribution in [0.4, 0.5) is 13.2 Å². The first-order chi connectivity index (χ1) is 14.7. The Labute approximate surface area is 171 Å². The van der Waals surface area contributed by atoms with Crippen LogP contribution in [0, 0.1) is 0 Å². The van der Waals surface area contributed by atoms with Gasteiger partial charge in [-0.05, 0) is 6.07 Å². The van der Waals surface area contributed by atoms with Gasteiger partial charge in [0.25, 0.3) is 11.5 Å². The molecule has 0 bridgehead atoms. The summed E-state index contributed by atoms with van der Waals surface area (Å²) < 4.78 is 47.4. The molecule has 3 aromatic rings. The number of nitrogens with one attached hydrogen (secondary N) is 2.